The molecule has 1 saturated heterocycles. The molecule has 0 aliphatic carbocycles. The highest BCUT2D eigenvalue weighted by Gasteiger charge is 2.35. The lowest BCUT2D eigenvalue weighted by atomic mass is 9.91. The van der Waals surface area contributed by atoms with Gasteiger partial charge in [0.25, 0.3) is 0 Å². The van der Waals surface area contributed by atoms with Crippen molar-refractivity contribution in [1.82, 2.24) is 10.6 Å². The summed E-state index contributed by atoms with van der Waals surface area (Å²) in [6, 6.07) is 6.02. The van der Waals surface area contributed by atoms with E-state index in [0.717, 1.165) is 43.7 Å². The molecule has 0 saturated carbocycles. The molecule has 176 valence electrons. The minimum absolute atomic E-state index is 0.273. The molecule has 0 radical (unpaired) electrons. The second-order valence-corrected chi connectivity index (χ2v) is 9.31. The van der Waals surface area contributed by atoms with Gasteiger partial charge in [0.05, 0.1) is 18.3 Å². The molecule has 0 aromatic heterocycles. The number of carboxylic acid groups (broad SMARTS) is 1. The standard InChI is InChI=1S/C23H33N3O5S/c1-2-31-23(30)17(7-5-6-16-10-12-24-13-11-16)25-18-15-32-20-9-4-3-8-19(20)26(22(18)29)14-21(27)28/h3-4,8-9,16-18,24-25H,2,5-7,10-15H2,1H3,(H,27,28)/t17-,18+/m1/s1. The average Bonchev–Trinajstić information content (AvgIpc) is 2.91. The molecule has 0 spiro atoms. The predicted molar refractivity (Wildman–Crippen MR) is 124 cm³/mol. The van der Waals surface area contributed by atoms with Crippen molar-refractivity contribution in [3.63, 3.8) is 0 Å². The van der Waals surface area contributed by atoms with Crippen LogP contribution in [0.3, 0.4) is 0 Å². The maximum atomic E-state index is 13.3. The Morgan fingerprint density at radius 3 is 2.78 bits per heavy atom. The average molecular weight is 464 g/mol. The zero-order chi connectivity index (χ0) is 22.9. The van der Waals surface area contributed by atoms with Crippen LogP contribution in [0.25, 0.3) is 0 Å². The van der Waals surface area contributed by atoms with Crippen molar-refractivity contribution in [1.29, 1.82) is 0 Å². The van der Waals surface area contributed by atoms with Gasteiger partial charge in [-0.2, -0.15) is 0 Å². The summed E-state index contributed by atoms with van der Waals surface area (Å²) in [5, 5.41) is 15.9. The lowest BCUT2D eigenvalue weighted by Gasteiger charge is -2.27. The molecule has 1 aromatic rings. The van der Waals surface area contributed by atoms with Crippen molar-refractivity contribution in [2.45, 2.75) is 56.0 Å². The second-order valence-electron chi connectivity index (χ2n) is 8.25. The van der Waals surface area contributed by atoms with E-state index in [0.29, 0.717) is 23.8 Å². The van der Waals surface area contributed by atoms with E-state index in [1.807, 2.05) is 12.1 Å². The highest BCUT2D eigenvalue weighted by molar-refractivity contribution is 7.99. The van der Waals surface area contributed by atoms with E-state index < -0.39 is 24.6 Å². The first-order valence-electron chi connectivity index (χ1n) is 11.4. The third kappa shape index (κ3) is 6.70. The number of carboxylic acids is 1. The molecule has 9 heteroatoms. The van der Waals surface area contributed by atoms with Crippen LogP contribution in [0.4, 0.5) is 5.69 Å². The summed E-state index contributed by atoms with van der Waals surface area (Å²) in [6.07, 6.45) is 4.80. The van der Waals surface area contributed by atoms with Crippen LogP contribution in [0, 0.1) is 5.92 Å². The number of para-hydroxylation sites is 1. The molecule has 2 aliphatic heterocycles. The van der Waals surface area contributed by atoms with Crippen LogP contribution in [-0.2, 0) is 19.1 Å². The van der Waals surface area contributed by atoms with Crippen LogP contribution in [0.2, 0.25) is 0 Å². The molecule has 8 nitrogen and oxygen atoms in total. The van der Waals surface area contributed by atoms with Crippen LogP contribution in [0.5, 0.6) is 0 Å². The summed E-state index contributed by atoms with van der Waals surface area (Å²) in [7, 11) is 0. The minimum atomic E-state index is -1.08. The number of anilines is 1. The number of amides is 1. The summed E-state index contributed by atoms with van der Waals surface area (Å²) in [4.78, 5) is 39.6. The van der Waals surface area contributed by atoms with Crippen molar-refractivity contribution in [3.05, 3.63) is 24.3 Å². The molecule has 32 heavy (non-hydrogen) atoms. The van der Waals surface area contributed by atoms with Gasteiger partial charge in [-0.05, 0) is 57.3 Å². The van der Waals surface area contributed by atoms with Gasteiger partial charge in [0.15, 0.2) is 0 Å². The van der Waals surface area contributed by atoms with Gasteiger partial charge in [-0.25, -0.2) is 0 Å². The van der Waals surface area contributed by atoms with Gasteiger partial charge in [-0.15, -0.1) is 11.8 Å². The number of nitrogens with zero attached hydrogens (tertiary/aromatic N) is 1. The number of aliphatic carboxylic acids is 1. The van der Waals surface area contributed by atoms with Gasteiger partial charge in [-0.1, -0.05) is 25.0 Å². The van der Waals surface area contributed by atoms with Crippen LogP contribution in [-0.4, -0.2) is 67.0 Å². The van der Waals surface area contributed by atoms with Crippen LogP contribution in [0.1, 0.15) is 39.0 Å². The van der Waals surface area contributed by atoms with Gasteiger partial charge in [-0.3, -0.25) is 24.6 Å². The van der Waals surface area contributed by atoms with Gasteiger partial charge in [0.2, 0.25) is 5.91 Å². The molecule has 1 aromatic carbocycles. The fourth-order valence-electron chi connectivity index (χ4n) is 4.31. The molecule has 1 amide bonds. The van der Waals surface area contributed by atoms with Gasteiger partial charge in [0, 0.05) is 10.6 Å². The largest absolute Gasteiger partial charge is 0.480 e. The van der Waals surface area contributed by atoms with E-state index in [2.05, 4.69) is 10.6 Å². The maximum absolute atomic E-state index is 13.3. The van der Waals surface area contributed by atoms with E-state index >= 15 is 0 Å². The molecule has 2 heterocycles. The molecular weight excluding hydrogens is 430 g/mol. The Balaban J connectivity index is 1.70. The Hall–Kier alpha value is -2.10. The Morgan fingerprint density at radius 1 is 1.31 bits per heavy atom. The van der Waals surface area contributed by atoms with Gasteiger partial charge < -0.3 is 15.2 Å². The number of nitrogens with one attached hydrogen (secondary N) is 2. The minimum Gasteiger partial charge on any atom is -0.480 e. The monoisotopic (exact) mass is 463 g/mol. The number of thioether (sulfide) groups is 1. The molecule has 0 unspecified atom stereocenters. The number of benzene rings is 1. The molecule has 2 aliphatic rings. The fourth-order valence-corrected chi connectivity index (χ4v) is 5.39. The molecular formula is C23H33N3O5S. The van der Waals surface area contributed by atoms with E-state index in [1.54, 1.807) is 19.1 Å². The molecule has 0 bridgehead atoms. The summed E-state index contributed by atoms with van der Waals surface area (Å²) < 4.78 is 5.27. The first-order chi connectivity index (χ1) is 15.5. The number of piperidine rings is 1. The fraction of sp³-hybridized carbons (Fsp3) is 0.609. The lowest BCUT2D eigenvalue weighted by Crippen LogP contribution is -2.54. The normalized spacial score (nSPS) is 20.3. The number of hydrogen-bond acceptors (Lipinski definition) is 7. The highest BCUT2D eigenvalue weighted by atomic mass is 32.2. The first kappa shape index (κ1) is 24.5. The third-order valence-electron chi connectivity index (χ3n) is 5.96. The number of rotatable bonds is 10. The number of carbonyl (C=O) groups is 3. The van der Waals surface area contributed by atoms with Gasteiger partial charge in [0.1, 0.15) is 12.6 Å². The Labute approximate surface area is 193 Å². The molecule has 1 fully saturated rings. The highest BCUT2D eigenvalue weighted by Crippen LogP contribution is 2.34. The van der Waals surface area contributed by atoms with Crippen molar-refractivity contribution in [2.24, 2.45) is 5.92 Å². The number of fused-ring (bicyclic) bond motifs is 1. The van der Waals surface area contributed by atoms with E-state index in [-0.39, 0.29) is 18.5 Å². The van der Waals surface area contributed by atoms with Crippen LogP contribution >= 0.6 is 11.8 Å². The second kappa shape index (κ2) is 12.2. The maximum Gasteiger partial charge on any atom is 0.323 e. The first-order valence-corrected chi connectivity index (χ1v) is 12.4. The summed E-state index contributed by atoms with van der Waals surface area (Å²) in [6.45, 7) is 3.70. The summed E-state index contributed by atoms with van der Waals surface area (Å²) in [5.41, 5.74) is 0.591. The smallest absolute Gasteiger partial charge is 0.323 e. The SMILES string of the molecule is CCOC(=O)[C@@H](CCCC1CCNCC1)N[C@H]1CSc2ccccc2N(CC(=O)O)C1=O. The van der Waals surface area contributed by atoms with E-state index in [4.69, 9.17) is 4.74 Å². The summed E-state index contributed by atoms with van der Waals surface area (Å²) >= 11 is 1.49. The quantitative estimate of drug-likeness (QED) is 0.454. The Bertz CT molecular complexity index is 800. The number of hydrogen-bond donors (Lipinski definition) is 3. The Kier molecular flexibility index (Phi) is 9.37. The van der Waals surface area contributed by atoms with Crippen LogP contribution in [0.15, 0.2) is 29.2 Å². The van der Waals surface area contributed by atoms with Crippen LogP contribution < -0.4 is 15.5 Å². The Morgan fingerprint density at radius 2 is 2.06 bits per heavy atom. The van der Waals surface area contributed by atoms with Crippen molar-refractivity contribution in [3.8, 4) is 0 Å². The molecule has 2 atom stereocenters. The zero-order valence-electron chi connectivity index (χ0n) is 18.5. The number of ether oxygens (including phenoxy) is 1. The van der Waals surface area contributed by atoms with E-state index in [9.17, 15) is 19.5 Å². The van der Waals surface area contributed by atoms with Crippen molar-refractivity contribution >= 4 is 35.3 Å². The summed E-state index contributed by atoms with van der Waals surface area (Å²) in [5.74, 6) is -0.701. The topological polar surface area (TPSA) is 108 Å². The third-order valence-corrected chi connectivity index (χ3v) is 7.11. The lowest BCUT2D eigenvalue weighted by molar-refractivity contribution is -0.146. The molecule has 3 N–H and O–H groups in total. The van der Waals surface area contributed by atoms with Crippen molar-refractivity contribution in [2.75, 3.05) is 36.9 Å². The predicted octanol–water partition coefficient (Wildman–Crippen LogP) is 2.27. The zero-order valence-corrected chi connectivity index (χ0v) is 19.4. The van der Waals surface area contributed by atoms with Crippen molar-refractivity contribution < 1.29 is 24.2 Å². The number of esters is 1. The number of carbonyl (C=O) groups excluding carboxylic acids is 2. The van der Waals surface area contributed by atoms with Gasteiger partial charge >= 0.3 is 11.9 Å². The van der Waals surface area contributed by atoms with E-state index in [1.165, 1.54) is 16.7 Å². The molecule has 3 rings (SSSR count).